The van der Waals surface area contributed by atoms with Gasteiger partial charge in [-0.25, -0.2) is 4.85 Å². The number of halogens is 1. The van der Waals surface area contributed by atoms with Crippen LogP contribution in [0.3, 0.4) is 0 Å². The normalized spacial score (nSPS) is 13.6. The number of rotatable bonds is 5. The average Bonchev–Trinajstić information content (AvgIpc) is 3.49. The number of amides is 1. The molecule has 1 aliphatic rings. The quantitative estimate of drug-likeness (QED) is 0.176. The number of aryl methyl sites for hydroxylation is 1. The number of fused-ring (bicyclic) bond motifs is 2. The van der Waals surface area contributed by atoms with Crippen molar-refractivity contribution in [2.24, 2.45) is 0 Å². The third-order valence-corrected chi connectivity index (χ3v) is 8.62. The van der Waals surface area contributed by atoms with Crippen LogP contribution in [0.25, 0.3) is 43.5 Å². The van der Waals surface area contributed by atoms with Crippen LogP contribution < -0.4 is 10.5 Å². The molecule has 43 heavy (non-hydrogen) atoms. The number of pyridine rings is 1. The molecule has 8 nitrogen and oxygen atoms in total. The fourth-order valence-corrected chi connectivity index (χ4v) is 6.43. The second-order valence-electron chi connectivity index (χ2n) is 11.1. The molecular weight excluding hydrogens is 560 g/mol. The third-order valence-electron chi connectivity index (χ3n) is 8.31. The topological polar surface area (TPSA) is 78.6 Å². The van der Waals surface area contributed by atoms with Crippen molar-refractivity contribution in [3.05, 3.63) is 105 Å². The maximum Gasteiger partial charge on any atom is 0.274 e. The average molecular weight is 591 g/mol. The summed E-state index contributed by atoms with van der Waals surface area (Å²) in [4.78, 5) is 34.3. The van der Waals surface area contributed by atoms with Crippen molar-refractivity contribution in [2.75, 3.05) is 31.1 Å². The maximum absolute atomic E-state index is 14.4. The van der Waals surface area contributed by atoms with Crippen molar-refractivity contribution in [1.82, 2.24) is 19.7 Å². The van der Waals surface area contributed by atoms with Gasteiger partial charge in [-0.2, -0.15) is 5.10 Å². The first kappa shape index (κ1) is 28.3. The molecule has 0 radical (unpaired) electrons. The number of nitrogens with zero attached hydrogens (tertiary/aromatic N) is 5. The molecule has 0 unspecified atom stereocenters. The lowest BCUT2D eigenvalue weighted by molar-refractivity contribution is -0.126. The van der Waals surface area contributed by atoms with Crippen LogP contribution in [0.2, 0.25) is 5.02 Å². The van der Waals surface area contributed by atoms with E-state index in [2.05, 4.69) is 35.5 Å². The van der Waals surface area contributed by atoms with Gasteiger partial charge in [0.05, 0.1) is 35.2 Å². The molecule has 6 rings (SSSR count). The Morgan fingerprint density at radius 2 is 1.86 bits per heavy atom. The van der Waals surface area contributed by atoms with E-state index < -0.39 is 0 Å². The summed E-state index contributed by atoms with van der Waals surface area (Å²) in [5, 5.41) is 9.44. The monoisotopic (exact) mass is 590 g/mol. The van der Waals surface area contributed by atoms with Crippen LogP contribution in [0, 0.1) is 13.5 Å². The summed E-state index contributed by atoms with van der Waals surface area (Å²) < 4.78 is 1.67. The standard InChI is InChI=1S/C34H31ClN6O2/c1-6-30(42)39-13-15-40(16-14-39)33-24-17-26(35)23(31-21(4)11-12-27-25(31)19-37-38-27)18-29(24)41(34(43)32(33)36-5)28-10-8-7-9-22(28)20(2)3/h6-12,17-20H,1,13-16H2,2-4H3,(H,37,38). The van der Waals surface area contributed by atoms with Crippen LogP contribution in [0.1, 0.15) is 30.9 Å². The van der Waals surface area contributed by atoms with E-state index in [9.17, 15) is 9.59 Å². The minimum absolute atomic E-state index is 0.0338. The zero-order valence-corrected chi connectivity index (χ0v) is 25.1. The van der Waals surface area contributed by atoms with Crippen molar-refractivity contribution in [1.29, 1.82) is 0 Å². The number of aromatic amines is 1. The van der Waals surface area contributed by atoms with Crippen LogP contribution in [0.15, 0.2) is 72.2 Å². The molecule has 1 aliphatic heterocycles. The SMILES string of the molecule is [C-]#[N+]c1c(N2CCN(C(=O)C=C)CC2)c2cc(Cl)c(-c3c(C)ccc4[nH]ncc34)cc2n(-c2ccccc2C(C)C)c1=O. The highest BCUT2D eigenvalue weighted by Gasteiger charge is 2.28. The number of nitrogens with one attached hydrogen (secondary N) is 1. The number of para-hydroxylation sites is 1. The summed E-state index contributed by atoms with van der Waals surface area (Å²) in [6.07, 6.45) is 3.10. The summed E-state index contributed by atoms with van der Waals surface area (Å²) in [6, 6.07) is 15.7. The molecule has 3 aromatic carbocycles. The van der Waals surface area contributed by atoms with Crippen LogP contribution >= 0.6 is 11.6 Å². The van der Waals surface area contributed by atoms with Gasteiger partial charge in [0.25, 0.3) is 11.2 Å². The van der Waals surface area contributed by atoms with Gasteiger partial charge >= 0.3 is 0 Å². The number of hydrogen-bond donors (Lipinski definition) is 1. The second kappa shape index (κ2) is 11.1. The summed E-state index contributed by atoms with van der Waals surface area (Å²) in [7, 11) is 0. The molecular formula is C34H31ClN6O2. The highest BCUT2D eigenvalue weighted by molar-refractivity contribution is 6.35. The Balaban J connectivity index is 1.69. The number of aromatic nitrogens is 3. The lowest BCUT2D eigenvalue weighted by Gasteiger charge is -2.37. The van der Waals surface area contributed by atoms with Gasteiger partial charge in [-0.3, -0.25) is 19.3 Å². The molecule has 9 heteroatoms. The molecule has 0 aliphatic carbocycles. The smallest absolute Gasteiger partial charge is 0.274 e. The highest BCUT2D eigenvalue weighted by Crippen LogP contribution is 2.43. The Hall–Kier alpha value is -4.87. The van der Waals surface area contributed by atoms with Gasteiger partial charge in [0.2, 0.25) is 5.91 Å². The number of carbonyl (C=O) groups excluding carboxylic acids is 1. The van der Waals surface area contributed by atoms with E-state index >= 15 is 0 Å². The van der Waals surface area contributed by atoms with Crippen LogP contribution in [-0.2, 0) is 4.79 Å². The van der Waals surface area contributed by atoms with Crippen molar-refractivity contribution in [3.63, 3.8) is 0 Å². The molecule has 0 spiro atoms. The van der Waals surface area contributed by atoms with E-state index in [1.165, 1.54) is 6.08 Å². The van der Waals surface area contributed by atoms with Crippen molar-refractivity contribution in [3.8, 4) is 16.8 Å². The van der Waals surface area contributed by atoms with E-state index in [-0.39, 0.29) is 23.1 Å². The van der Waals surface area contributed by atoms with Crippen LogP contribution in [0.5, 0.6) is 0 Å². The summed E-state index contributed by atoms with van der Waals surface area (Å²) >= 11 is 7.11. The molecule has 0 atom stereocenters. The van der Waals surface area contributed by atoms with E-state index in [1.807, 2.05) is 60.4 Å². The van der Waals surface area contributed by atoms with Gasteiger partial charge in [-0.15, -0.1) is 0 Å². The van der Waals surface area contributed by atoms with E-state index in [0.717, 1.165) is 38.8 Å². The van der Waals surface area contributed by atoms with Crippen LogP contribution in [-0.4, -0.2) is 51.8 Å². The maximum atomic E-state index is 14.4. The molecule has 1 fully saturated rings. The van der Waals surface area contributed by atoms with Gasteiger partial charge < -0.3 is 9.80 Å². The first-order valence-corrected chi connectivity index (χ1v) is 14.6. The van der Waals surface area contributed by atoms with Gasteiger partial charge in [0.15, 0.2) is 0 Å². The Labute approximate surface area is 254 Å². The van der Waals surface area contributed by atoms with E-state index in [4.69, 9.17) is 18.2 Å². The number of hydrogen-bond acceptors (Lipinski definition) is 4. The molecule has 216 valence electrons. The van der Waals surface area contributed by atoms with Gasteiger partial charge in [0.1, 0.15) is 0 Å². The molecule has 1 amide bonds. The van der Waals surface area contributed by atoms with Crippen molar-refractivity contribution >= 4 is 50.7 Å². The van der Waals surface area contributed by atoms with E-state index in [1.54, 1.807) is 15.7 Å². The van der Waals surface area contributed by atoms with Crippen molar-refractivity contribution < 1.29 is 4.79 Å². The predicted octanol–water partition coefficient (Wildman–Crippen LogP) is 7.00. The first-order chi connectivity index (χ1) is 20.7. The molecule has 1 N–H and O–H groups in total. The predicted molar refractivity (Wildman–Crippen MR) is 174 cm³/mol. The molecule has 3 heterocycles. The highest BCUT2D eigenvalue weighted by atomic mass is 35.5. The lowest BCUT2D eigenvalue weighted by Crippen LogP contribution is -2.48. The number of anilines is 1. The summed E-state index contributed by atoms with van der Waals surface area (Å²) in [5.41, 5.74) is 6.19. The number of H-pyrrole nitrogens is 1. The van der Waals surface area contributed by atoms with Gasteiger partial charge in [-0.05, 0) is 59.9 Å². The van der Waals surface area contributed by atoms with Gasteiger partial charge in [0, 0.05) is 47.5 Å². The molecule has 5 aromatic rings. The first-order valence-electron chi connectivity index (χ1n) is 14.2. The number of carbonyl (C=O) groups is 1. The van der Waals surface area contributed by atoms with Gasteiger partial charge in [-0.1, -0.05) is 56.3 Å². The van der Waals surface area contributed by atoms with Crippen LogP contribution in [0.4, 0.5) is 11.4 Å². The molecule has 0 saturated carbocycles. The molecule has 0 bridgehead atoms. The fourth-order valence-electron chi connectivity index (χ4n) is 6.18. The Bertz CT molecular complexity index is 2030. The summed E-state index contributed by atoms with van der Waals surface area (Å²) in [5.74, 6) is 0.00508. The third kappa shape index (κ3) is 4.66. The number of piperazine rings is 1. The largest absolute Gasteiger partial charge is 0.376 e. The molecule has 2 aromatic heterocycles. The fraction of sp³-hybridized carbons (Fsp3) is 0.235. The zero-order chi connectivity index (χ0) is 30.4. The minimum atomic E-state index is -0.387. The van der Waals surface area contributed by atoms with E-state index in [0.29, 0.717) is 47.8 Å². The second-order valence-corrected chi connectivity index (χ2v) is 11.5. The Morgan fingerprint density at radius 3 is 2.56 bits per heavy atom. The molecule has 1 saturated heterocycles. The Kier molecular flexibility index (Phi) is 7.28. The Morgan fingerprint density at radius 1 is 1.12 bits per heavy atom. The number of benzene rings is 3. The minimum Gasteiger partial charge on any atom is -0.376 e. The summed E-state index contributed by atoms with van der Waals surface area (Å²) in [6.45, 7) is 19.8. The lowest BCUT2D eigenvalue weighted by atomic mass is 9.94. The zero-order valence-electron chi connectivity index (χ0n) is 24.3. The van der Waals surface area contributed by atoms with Crippen molar-refractivity contribution in [2.45, 2.75) is 26.7 Å².